The zero-order valence-corrected chi connectivity index (χ0v) is 15.0. The molecule has 0 aliphatic heterocycles. The van der Waals surface area contributed by atoms with Crippen molar-refractivity contribution in [3.63, 3.8) is 0 Å². The monoisotopic (exact) mass is 362 g/mol. The van der Waals surface area contributed by atoms with E-state index < -0.39 is 0 Å². The summed E-state index contributed by atoms with van der Waals surface area (Å²) in [6.07, 6.45) is 1.45. The van der Waals surface area contributed by atoms with Gasteiger partial charge in [0.25, 0.3) is 5.89 Å². The molecule has 0 fully saturated rings. The van der Waals surface area contributed by atoms with E-state index in [1.807, 2.05) is 55.5 Å². The second-order valence-corrected chi connectivity index (χ2v) is 5.94. The fraction of sp³-hybridized carbons (Fsp3) is 0.143. The van der Waals surface area contributed by atoms with Gasteiger partial charge in [0.2, 0.25) is 5.82 Å². The highest BCUT2D eigenvalue weighted by molar-refractivity contribution is 5.62. The minimum Gasteiger partial charge on any atom is -0.493 e. The first-order valence-corrected chi connectivity index (χ1v) is 8.52. The molecule has 6 heteroatoms. The van der Waals surface area contributed by atoms with Crippen LogP contribution in [0.4, 0.5) is 0 Å². The Bertz CT molecular complexity index is 1010. The van der Waals surface area contributed by atoms with Crippen LogP contribution in [0.2, 0.25) is 0 Å². The maximum absolute atomic E-state index is 6.07. The Morgan fingerprint density at radius 3 is 2.56 bits per heavy atom. The summed E-state index contributed by atoms with van der Waals surface area (Å²) in [5.74, 6) is 2.54. The lowest BCUT2D eigenvalue weighted by Crippen LogP contribution is -2.04. The highest BCUT2D eigenvalue weighted by atomic mass is 16.5. The molecule has 0 radical (unpaired) electrons. The SMILES string of the molecule is COc1cc(-c2noc(-c3ccco3)n2)ccc1OC(C)c1ccccc1. The standard InChI is InChI=1S/C21H18N2O4/c1-14(15-7-4-3-5-8-15)26-17-11-10-16(13-19(17)24-2)20-22-21(27-23-20)18-9-6-12-25-18/h3-14H,1-2H3. The van der Waals surface area contributed by atoms with Gasteiger partial charge in [0.1, 0.15) is 6.10 Å². The highest BCUT2D eigenvalue weighted by Crippen LogP contribution is 2.35. The zero-order chi connectivity index (χ0) is 18.6. The molecule has 4 rings (SSSR count). The van der Waals surface area contributed by atoms with Gasteiger partial charge in [-0.3, -0.25) is 0 Å². The fourth-order valence-electron chi connectivity index (χ4n) is 2.73. The first-order chi connectivity index (χ1) is 13.2. The molecule has 1 atom stereocenters. The molecule has 2 aromatic carbocycles. The Balaban J connectivity index is 1.58. The predicted molar refractivity (Wildman–Crippen MR) is 99.5 cm³/mol. The number of rotatable bonds is 6. The van der Waals surface area contributed by atoms with E-state index in [-0.39, 0.29) is 6.10 Å². The molecule has 0 spiro atoms. The molecular formula is C21H18N2O4. The first kappa shape index (κ1) is 16.9. The molecule has 136 valence electrons. The lowest BCUT2D eigenvalue weighted by atomic mass is 10.1. The smallest absolute Gasteiger partial charge is 0.293 e. The Morgan fingerprint density at radius 1 is 0.963 bits per heavy atom. The van der Waals surface area contributed by atoms with Crippen LogP contribution >= 0.6 is 0 Å². The maximum atomic E-state index is 6.07. The number of aromatic nitrogens is 2. The summed E-state index contributed by atoms with van der Waals surface area (Å²) in [5, 5.41) is 4.01. The Morgan fingerprint density at radius 2 is 1.81 bits per heavy atom. The van der Waals surface area contributed by atoms with E-state index in [0.717, 1.165) is 11.1 Å². The van der Waals surface area contributed by atoms with E-state index in [1.165, 1.54) is 0 Å². The van der Waals surface area contributed by atoms with Gasteiger partial charge in [-0.05, 0) is 42.8 Å². The molecule has 0 N–H and O–H groups in total. The highest BCUT2D eigenvalue weighted by Gasteiger charge is 2.16. The summed E-state index contributed by atoms with van der Waals surface area (Å²) in [4.78, 5) is 4.37. The van der Waals surface area contributed by atoms with Gasteiger partial charge in [0.15, 0.2) is 17.3 Å². The Kier molecular flexibility index (Phi) is 4.61. The minimum absolute atomic E-state index is 0.110. The lowest BCUT2D eigenvalue weighted by molar-refractivity contribution is 0.216. The number of furan rings is 1. The van der Waals surface area contributed by atoms with Gasteiger partial charge in [-0.15, -0.1) is 0 Å². The zero-order valence-electron chi connectivity index (χ0n) is 15.0. The molecule has 0 aliphatic rings. The molecule has 0 aliphatic carbocycles. The normalized spacial score (nSPS) is 11.9. The number of hydrogen-bond acceptors (Lipinski definition) is 6. The van der Waals surface area contributed by atoms with Crippen LogP contribution in [0, 0.1) is 0 Å². The largest absolute Gasteiger partial charge is 0.493 e. The van der Waals surface area contributed by atoms with Crippen LogP contribution < -0.4 is 9.47 Å². The van der Waals surface area contributed by atoms with Crippen LogP contribution in [-0.2, 0) is 0 Å². The van der Waals surface area contributed by atoms with E-state index in [1.54, 1.807) is 25.5 Å². The van der Waals surface area contributed by atoms with Crippen molar-refractivity contribution in [2.75, 3.05) is 7.11 Å². The van der Waals surface area contributed by atoms with Gasteiger partial charge in [0.05, 0.1) is 13.4 Å². The molecule has 4 aromatic rings. The molecule has 0 saturated heterocycles. The van der Waals surface area contributed by atoms with Crippen LogP contribution in [0.5, 0.6) is 11.5 Å². The maximum Gasteiger partial charge on any atom is 0.293 e. The van der Waals surface area contributed by atoms with Crippen molar-refractivity contribution >= 4 is 0 Å². The van der Waals surface area contributed by atoms with Crippen molar-refractivity contribution in [1.29, 1.82) is 0 Å². The van der Waals surface area contributed by atoms with Crippen molar-refractivity contribution in [2.24, 2.45) is 0 Å². The van der Waals surface area contributed by atoms with Crippen LogP contribution in [0.15, 0.2) is 75.9 Å². The second kappa shape index (κ2) is 7.37. The van der Waals surface area contributed by atoms with Crippen LogP contribution in [-0.4, -0.2) is 17.3 Å². The summed E-state index contributed by atoms with van der Waals surface area (Å²) >= 11 is 0. The third-order valence-corrected chi connectivity index (χ3v) is 4.15. The van der Waals surface area contributed by atoms with E-state index in [0.29, 0.717) is 29.0 Å². The third kappa shape index (κ3) is 3.55. The van der Waals surface area contributed by atoms with Crippen LogP contribution in [0.1, 0.15) is 18.6 Å². The van der Waals surface area contributed by atoms with E-state index in [2.05, 4.69) is 10.1 Å². The number of hydrogen-bond donors (Lipinski definition) is 0. The topological polar surface area (TPSA) is 70.5 Å². The van der Waals surface area contributed by atoms with Crippen LogP contribution in [0.3, 0.4) is 0 Å². The average molecular weight is 362 g/mol. The molecule has 1 unspecified atom stereocenters. The Labute approximate surface area is 156 Å². The number of ether oxygens (including phenoxy) is 2. The van der Waals surface area contributed by atoms with Crippen molar-refractivity contribution in [3.05, 3.63) is 72.5 Å². The quantitative estimate of drug-likeness (QED) is 0.473. The van der Waals surface area contributed by atoms with Crippen molar-refractivity contribution in [3.8, 4) is 34.5 Å². The lowest BCUT2D eigenvalue weighted by Gasteiger charge is -2.17. The van der Waals surface area contributed by atoms with Gasteiger partial charge < -0.3 is 18.4 Å². The van der Waals surface area contributed by atoms with Gasteiger partial charge in [-0.2, -0.15) is 4.98 Å². The van der Waals surface area contributed by atoms with Crippen LogP contribution in [0.25, 0.3) is 23.0 Å². The molecule has 6 nitrogen and oxygen atoms in total. The Hall–Kier alpha value is -3.54. The number of nitrogens with zero attached hydrogens (tertiary/aromatic N) is 2. The number of benzene rings is 2. The predicted octanol–water partition coefficient (Wildman–Crippen LogP) is 5.15. The average Bonchev–Trinajstić information content (AvgIpc) is 3.40. The molecule has 0 amide bonds. The number of methoxy groups -OCH3 is 1. The molecule has 0 bridgehead atoms. The van der Waals surface area contributed by atoms with E-state index in [4.69, 9.17) is 18.4 Å². The van der Waals surface area contributed by atoms with E-state index >= 15 is 0 Å². The molecule has 0 saturated carbocycles. The molecule has 2 heterocycles. The fourth-order valence-corrected chi connectivity index (χ4v) is 2.73. The first-order valence-electron chi connectivity index (χ1n) is 8.52. The summed E-state index contributed by atoms with van der Waals surface area (Å²) in [6, 6.07) is 19.1. The summed E-state index contributed by atoms with van der Waals surface area (Å²) in [6.45, 7) is 2.00. The van der Waals surface area contributed by atoms with Crippen molar-refractivity contribution in [1.82, 2.24) is 10.1 Å². The van der Waals surface area contributed by atoms with Gasteiger partial charge in [0, 0.05) is 5.56 Å². The molecular weight excluding hydrogens is 344 g/mol. The van der Waals surface area contributed by atoms with Gasteiger partial charge >= 0.3 is 0 Å². The van der Waals surface area contributed by atoms with Gasteiger partial charge in [-0.1, -0.05) is 35.5 Å². The minimum atomic E-state index is -0.110. The summed E-state index contributed by atoms with van der Waals surface area (Å²) < 4.78 is 22.1. The van der Waals surface area contributed by atoms with Crippen molar-refractivity contribution in [2.45, 2.75) is 13.0 Å². The van der Waals surface area contributed by atoms with E-state index in [9.17, 15) is 0 Å². The molecule has 2 aromatic heterocycles. The molecule has 27 heavy (non-hydrogen) atoms. The third-order valence-electron chi connectivity index (χ3n) is 4.15. The van der Waals surface area contributed by atoms with Crippen molar-refractivity contribution < 1.29 is 18.4 Å². The summed E-state index contributed by atoms with van der Waals surface area (Å²) in [5.41, 5.74) is 1.85. The van der Waals surface area contributed by atoms with Gasteiger partial charge in [-0.25, -0.2) is 0 Å². The second-order valence-electron chi connectivity index (χ2n) is 5.94. The summed E-state index contributed by atoms with van der Waals surface area (Å²) in [7, 11) is 1.60.